The van der Waals surface area contributed by atoms with E-state index in [-0.39, 0.29) is 25.8 Å². The van der Waals surface area contributed by atoms with Crippen LogP contribution in [0.25, 0.3) is 0 Å². The molecule has 1 unspecified atom stereocenters. The minimum atomic E-state index is -4.28. The summed E-state index contributed by atoms with van der Waals surface area (Å²) in [5, 5.41) is 0. The average molecular weight is 705 g/mol. The highest BCUT2D eigenvalue weighted by Crippen LogP contribution is 2.43. The van der Waals surface area contributed by atoms with Crippen LogP contribution in [0.5, 0.6) is 0 Å². The van der Waals surface area contributed by atoms with Crippen molar-refractivity contribution in [1.82, 2.24) is 0 Å². The van der Waals surface area contributed by atoms with Gasteiger partial charge in [-0.05, 0) is 25.3 Å². The van der Waals surface area contributed by atoms with Gasteiger partial charge in [0.25, 0.3) is 0 Å². The zero-order valence-corrected chi connectivity index (χ0v) is 33.1. The highest BCUT2D eigenvalue weighted by atomic mass is 31.2. The highest BCUT2D eigenvalue weighted by molar-refractivity contribution is 7.47. The lowest BCUT2D eigenvalue weighted by Crippen LogP contribution is -2.37. The van der Waals surface area contributed by atoms with Crippen molar-refractivity contribution in [2.75, 3.05) is 47.5 Å². The summed E-state index contributed by atoms with van der Waals surface area (Å²) in [7, 11) is 1.64. The van der Waals surface area contributed by atoms with Crippen LogP contribution >= 0.6 is 7.82 Å². The fraction of sp³-hybridized carbons (Fsp3) is 0.923. The summed E-state index contributed by atoms with van der Waals surface area (Å²) in [4.78, 5) is 22.7. The lowest BCUT2D eigenvalue weighted by molar-refractivity contribution is -0.870. The first-order valence-electron chi connectivity index (χ1n) is 20.0. The molecule has 0 aromatic carbocycles. The van der Waals surface area contributed by atoms with E-state index in [0.717, 1.165) is 32.1 Å². The second kappa shape index (κ2) is 33.2. The summed E-state index contributed by atoms with van der Waals surface area (Å²) in [6.45, 7) is 4.93. The van der Waals surface area contributed by atoms with Gasteiger partial charge in [0.15, 0.2) is 6.10 Å². The Morgan fingerprint density at radius 2 is 1.08 bits per heavy atom. The van der Waals surface area contributed by atoms with Crippen LogP contribution < -0.4 is 0 Å². The number of rotatable bonds is 37. The highest BCUT2D eigenvalue weighted by Gasteiger charge is 2.26. The number of allylic oxidation sites excluding steroid dienone is 1. The van der Waals surface area contributed by atoms with Crippen molar-refractivity contribution in [3.63, 3.8) is 0 Å². The maximum absolute atomic E-state index is 12.6. The van der Waals surface area contributed by atoms with E-state index in [2.05, 4.69) is 13.8 Å². The Morgan fingerprint density at radius 1 is 0.646 bits per heavy atom. The van der Waals surface area contributed by atoms with Gasteiger partial charge in [0, 0.05) is 6.42 Å². The molecule has 0 amide bonds. The fourth-order valence-electron chi connectivity index (χ4n) is 5.52. The second-order valence-electron chi connectivity index (χ2n) is 14.7. The topological polar surface area (TPSA) is 91.3 Å². The molecule has 0 aliphatic rings. The summed E-state index contributed by atoms with van der Waals surface area (Å²) in [5.74, 6) is -0.336. The normalized spacial score (nSPS) is 14.0. The van der Waals surface area contributed by atoms with Crippen molar-refractivity contribution < 1.29 is 37.3 Å². The number of hydrogen-bond acceptors (Lipinski definition) is 6. The summed E-state index contributed by atoms with van der Waals surface area (Å²) < 4.78 is 34.6. The molecule has 286 valence electrons. The van der Waals surface area contributed by atoms with Gasteiger partial charge >= 0.3 is 13.8 Å². The van der Waals surface area contributed by atoms with E-state index in [4.69, 9.17) is 18.5 Å². The van der Waals surface area contributed by atoms with Gasteiger partial charge in [-0.1, -0.05) is 155 Å². The summed E-state index contributed by atoms with van der Waals surface area (Å²) in [5.41, 5.74) is 0. The van der Waals surface area contributed by atoms with Crippen molar-refractivity contribution >= 4 is 13.8 Å². The van der Waals surface area contributed by atoms with E-state index in [1.807, 2.05) is 27.2 Å². The van der Waals surface area contributed by atoms with Crippen molar-refractivity contribution in [3.8, 4) is 0 Å². The standard InChI is InChI=1S/C39H78NO7P/c1-6-8-10-12-14-16-18-19-20-21-22-23-25-27-29-31-34-44-36-38(37-46-48(42,43)45-35-33-40(3,4)5)47-39(41)32-30-28-26-24-17-15-13-11-9-7-2/h31,34,38H,6-30,32-33,35-37H2,1-5H3/p+1/b34-31-/t38-/m1/s1. The van der Waals surface area contributed by atoms with Gasteiger partial charge < -0.3 is 18.9 Å². The molecular weight excluding hydrogens is 625 g/mol. The Bertz CT molecular complexity index is 787. The third-order valence-corrected chi connectivity index (χ3v) is 9.66. The van der Waals surface area contributed by atoms with Gasteiger partial charge in [-0.25, -0.2) is 4.57 Å². The molecule has 0 aliphatic carbocycles. The lowest BCUT2D eigenvalue weighted by Gasteiger charge is -2.24. The van der Waals surface area contributed by atoms with Gasteiger partial charge in [0.2, 0.25) is 0 Å². The molecule has 0 saturated carbocycles. The number of quaternary nitrogens is 1. The third kappa shape index (κ3) is 36.4. The number of nitrogens with zero attached hydrogens (tertiary/aromatic N) is 1. The molecule has 0 aromatic heterocycles. The number of unbranched alkanes of at least 4 members (excludes halogenated alkanes) is 23. The van der Waals surface area contributed by atoms with Crippen LogP contribution in [-0.2, 0) is 27.9 Å². The van der Waals surface area contributed by atoms with Crippen molar-refractivity contribution in [1.29, 1.82) is 0 Å². The van der Waals surface area contributed by atoms with Crippen LogP contribution in [-0.4, -0.2) is 69.0 Å². The Balaban J connectivity index is 4.28. The van der Waals surface area contributed by atoms with Crippen LogP contribution in [0.3, 0.4) is 0 Å². The maximum Gasteiger partial charge on any atom is 0.472 e. The molecule has 1 N–H and O–H groups in total. The molecule has 8 nitrogen and oxygen atoms in total. The van der Waals surface area contributed by atoms with E-state index in [9.17, 15) is 14.3 Å². The lowest BCUT2D eigenvalue weighted by atomic mass is 10.0. The molecule has 0 bridgehead atoms. The monoisotopic (exact) mass is 705 g/mol. The predicted molar refractivity (Wildman–Crippen MR) is 201 cm³/mol. The number of likely N-dealkylation sites (N-methyl/N-ethyl adjacent to an activating group) is 1. The number of hydrogen-bond donors (Lipinski definition) is 1. The SMILES string of the molecule is CCCCCCCCCCCCCCCC/C=C\OC[C@H](COP(=O)(O)OCC[N+](C)(C)C)OC(=O)CCCCCCCCCCCC. The number of esters is 1. The van der Waals surface area contributed by atoms with Crippen molar-refractivity contribution in [3.05, 3.63) is 12.3 Å². The molecule has 9 heteroatoms. The Kier molecular flexibility index (Phi) is 32.6. The van der Waals surface area contributed by atoms with Gasteiger partial charge in [0.1, 0.15) is 19.8 Å². The predicted octanol–water partition coefficient (Wildman–Crippen LogP) is 11.5. The van der Waals surface area contributed by atoms with Crippen molar-refractivity contribution in [2.45, 2.75) is 187 Å². The largest absolute Gasteiger partial charge is 0.498 e. The van der Waals surface area contributed by atoms with Crippen LogP contribution in [0.2, 0.25) is 0 Å². The van der Waals surface area contributed by atoms with E-state index in [1.165, 1.54) is 128 Å². The summed E-state index contributed by atoms with van der Waals surface area (Å²) in [6.07, 6.45) is 34.8. The number of phosphoric ester groups is 1. The molecule has 0 radical (unpaired) electrons. The maximum atomic E-state index is 12.6. The first-order valence-corrected chi connectivity index (χ1v) is 21.5. The van der Waals surface area contributed by atoms with E-state index in [0.29, 0.717) is 17.4 Å². The zero-order valence-electron chi connectivity index (χ0n) is 32.2. The number of carbonyl (C=O) groups excluding carboxylic acids is 1. The second-order valence-corrected chi connectivity index (χ2v) is 16.2. The van der Waals surface area contributed by atoms with Gasteiger partial charge in [-0.15, -0.1) is 0 Å². The minimum absolute atomic E-state index is 0.0535. The van der Waals surface area contributed by atoms with E-state index >= 15 is 0 Å². The van der Waals surface area contributed by atoms with Crippen LogP contribution in [0.4, 0.5) is 0 Å². The van der Waals surface area contributed by atoms with Gasteiger partial charge in [0.05, 0.1) is 34.0 Å². The number of ether oxygens (including phenoxy) is 2. The summed E-state index contributed by atoms with van der Waals surface area (Å²) in [6, 6.07) is 0. The van der Waals surface area contributed by atoms with Crippen LogP contribution in [0, 0.1) is 0 Å². The average Bonchev–Trinajstić information content (AvgIpc) is 3.03. The number of carbonyl (C=O) groups is 1. The molecule has 0 spiro atoms. The van der Waals surface area contributed by atoms with E-state index < -0.39 is 13.9 Å². The zero-order chi connectivity index (χ0) is 35.6. The number of phosphoric acid groups is 1. The molecule has 0 aromatic rings. The fourth-order valence-corrected chi connectivity index (χ4v) is 6.26. The van der Waals surface area contributed by atoms with Crippen LogP contribution in [0.15, 0.2) is 12.3 Å². The molecule has 0 aliphatic heterocycles. The molecule has 2 atom stereocenters. The first kappa shape index (κ1) is 47.1. The van der Waals surface area contributed by atoms with Crippen molar-refractivity contribution in [2.24, 2.45) is 0 Å². The Labute approximate surface area is 297 Å². The first-order chi connectivity index (χ1) is 23.1. The molecule has 0 heterocycles. The molecule has 0 fully saturated rings. The quantitative estimate of drug-likeness (QED) is 0.0226. The minimum Gasteiger partial charge on any atom is -0.498 e. The smallest absolute Gasteiger partial charge is 0.472 e. The van der Waals surface area contributed by atoms with Gasteiger partial charge in [-0.2, -0.15) is 0 Å². The van der Waals surface area contributed by atoms with Crippen LogP contribution in [0.1, 0.15) is 181 Å². The summed E-state index contributed by atoms with van der Waals surface area (Å²) >= 11 is 0. The molecular formula is C39H79NO7P+. The van der Waals surface area contributed by atoms with Gasteiger partial charge in [-0.3, -0.25) is 13.8 Å². The molecule has 48 heavy (non-hydrogen) atoms. The Morgan fingerprint density at radius 3 is 1.54 bits per heavy atom. The Hall–Kier alpha value is -0.920. The third-order valence-electron chi connectivity index (χ3n) is 8.67. The van der Waals surface area contributed by atoms with E-state index in [1.54, 1.807) is 6.26 Å². The molecule has 0 rings (SSSR count). The molecule has 0 saturated heterocycles.